The number of likely N-dealkylation sites (N-methyl/N-ethyl adjacent to an activating group) is 1. The van der Waals surface area contributed by atoms with Crippen molar-refractivity contribution < 1.29 is 9.90 Å². The summed E-state index contributed by atoms with van der Waals surface area (Å²) in [5.74, 6) is -0.152. The molecule has 1 N–H and O–H groups in total. The highest BCUT2D eigenvalue weighted by Crippen LogP contribution is 2.16. The van der Waals surface area contributed by atoms with Gasteiger partial charge in [0.1, 0.15) is 0 Å². The van der Waals surface area contributed by atoms with Crippen LogP contribution in [-0.4, -0.2) is 40.6 Å². The number of halogens is 1. The summed E-state index contributed by atoms with van der Waals surface area (Å²) < 4.78 is 0.802. The SMILES string of the molecule is Cc1ncc(C(=O)N(C)C[C@@H](O)Cc2ccccc2)cc1Br. The van der Waals surface area contributed by atoms with E-state index in [0.717, 1.165) is 15.7 Å². The highest BCUT2D eigenvalue weighted by Gasteiger charge is 2.17. The molecule has 116 valence electrons. The Bertz CT molecular complexity index is 646. The summed E-state index contributed by atoms with van der Waals surface area (Å²) in [6.07, 6.45) is 1.48. The molecule has 5 heteroatoms. The first-order valence-electron chi connectivity index (χ1n) is 7.07. The van der Waals surface area contributed by atoms with E-state index in [9.17, 15) is 9.90 Å². The van der Waals surface area contributed by atoms with Crippen LogP contribution >= 0.6 is 15.9 Å². The summed E-state index contributed by atoms with van der Waals surface area (Å²) in [6, 6.07) is 11.5. The van der Waals surface area contributed by atoms with Crippen LogP contribution < -0.4 is 0 Å². The zero-order valence-corrected chi connectivity index (χ0v) is 14.2. The molecule has 4 nitrogen and oxygen atoms in total. The third-order valence-corrected chi connectivity index (χ3v) is 4.22. The fourth-order valence-electron chi connectivity index (χ4n) is 2.19. The van der Waals surface area contributed by atoms with E-state index in [2.05, 4.69) is 20.9 Å². The van der Waals surface area contributed by atoms with Crippen LogP contribution in [0.5, 0.6) is 0 Å². The van der Waals surface area contributed by atoms with Gasteiger partial charge in [0.25, 0.3) is 5.91 Å². The summed E-state index contributed by atoms with van der Waals surface area (Å²) in [7, 11) is 1.68. The molecule has 1 heterocycles. The Hall–Kier alpha value is -1.72. The third-order valence-electron chi connectivity index (χ3n) is 3.42. The first kappa shape index (κ1) is 16.6. The fourth-order valence-corrected chi connectivity index (χ4v) is 2.54. The average molecular weight is 363 g/mol. The van der Waals surface area contributed by atoms with E-state index in [-0.39, 0.29) is 12.5 Å². The molecule has 2 rings (SSSR count). The van der Waals surface area contributed by atoms with Gasteiger partial charge in [-0.05, 0) is 34.5 Å². The van der Waals surface area contributed by atoms with Gasteiger partial charge in [-0.1, -0.05) is 30.3 Å². The molecular formula is C17H19BrN2O2. The number of aliphatic hydroxyl groups excluding tert-OH is 1. The number of amides is 1. The molecule has 0 aliphatic heterocycles. The molecule has 0 unspecified atom stereocenters. The maximum atomic E-state index is 12.4. The molecule has 1 amide bonds. The van der Waals surface area contributed by atoms with Crippen LogP contribution in [0, 0.1) is 6.92 Å². The molecule has 0 fully saturated rings. The van der Waals surface area contributed by atoms with Crippen molar-refractivity contribution in [3.05, 3.63) is 63.9 Å². The quantitative estimate of drug-likeness (QED) is 0.889. The minimum atomic E-state index is -0.599. The molecule has 0 bridgehead atoms. The molecular weight excluding hydrogens is 344 g/mol. The van der Waals surface area contributed by atoms with Gasteiger partial charge in [0, 0.05) is 30.7 Å². The molecule has 0 saturated heterocycles. The number of carbonyl (C=O) groups is 1. The van der Waals surface area contributed by atoms with Gasteiger partial charge in [-0.15, -0.1) is 0 Å². The van der Waals surface area contributed by atoms with Gasteiger partial charge in [0.05, 0.1) is 17.4 Å². The molecule has 0 aliphatic rings. The summed E-state index contributed by atoms with van der Waals surface area (Å²) in [5, 5.41) is 10.1. The van der Waals surface area contributed by atoms with Gasteiger partial charge in [-0.25, -0.2) is 0 Å². The second kappa shape index (κ2) is 7.51. The zero-order valence-electron chi connectivity index (χ0n) is 12.7. The second-order valence-electron chi connectivity index (χ2n) is 5.32. The summed E-state index contributed by atoms with van der Waals surface area (Å²) in [5.41, 5.74) is 2.39. The number of aromatic nitrogens is 1. The highest BCUT2D eigenvalue weighted by molar-refractivity contribution is 9.10. The molecule has 0 aliphatic carbocycles. The van der Waals surface area contributed by atoms with Crippen molar-refractivity contribution in [2.75, 3.05) is 13.6 Å². The van der Waals surface area contributed by atoms with Crippen LogP contribution in [0.2, 0.25) is 0 Å². The fraction of sp³-hybridized carbons (Fsp3) is 0.294. The van der Waals surface area contributed by atoms with Crippen LogP contribution in [0.1, 0.15) is 21.6 Å². The smallest absolute Gasteiger partial charge is 0.255 e. The second-order valence-corrected chi connectivity index (χ2v) is 6.17. The lowest BCUT2D eigenvalue weighted by atomic mass is 10.1. The van der Waals surface area contributed by atoms with E-state index in [1.165, 1.54) is 4.90 Å². The number of nitrogens with zero attached hydrogens (tertiary/aromatic N) is 2. The Kier molecular flexibility index (Phi) is 5.69. The normalized spacial score (nSPS) is 12.0. The summed E-state index contributed by atoms with van der Waals surface area (Å²) >= 11 is 3.38. The maximum absolute atomic E-state index is 12.4. The topological polar surface area (TPSA) is 53.4 Å². The summed E-state index contributed by atoms with van der Waals surface area (Å²) in [4.78, 5) is 18.0. The van der Waals surface area contributed by atoms with Crippen molar-refractivity contribution in [2.24, 2.45) is 0 Å². The number of rotatable bonds is 5. The molecule has 0 saturated carbocycles. The summed E-state index contributed by atoms with van der Waals surface area (Å²) in [6.45, 7) is 2.14. The van der Waals surface area contributed by atoms with Crippen LogP contribution in [0.4, 0.5) is 0 Å². The van der Waals surface area contributed by atoms with Crippen LogP contribution in [0.25, 0.3) is 0 Å². The van der Waals surface area contributed by atoms with Gasteiger partial charge in [0.2, 0.25) is 0 Å². The molecule has 2 aromatic rings. The lowest BCUT2D eigenvalue weighted by molar-refractivity contribution is 0.0681. The molecule has 0 spiro atoms. The molecule has 1 aromatic carbocycles. The monoisotopic (exact) mass is 362 g/mol. The number of benzene rings is 1. The van der Waals surface area contributed by atoms with Crippen molar-refractivity contribution in [3.8, 4) is 0 Å². The van der Waals surface area contributed by atoms with E-state index in [1.807, 2.05) is 37.3 Å². The number of pyridine rings is 1. The Morgan fingerprint density at radius 3 is 2.68 bits per heavy atom. The Balaban J connectivity index is 1.97. The standard InChI is InChI=1S/C17H19BrN2O2/c1-12-16(18)9-14(10-19-12)17(22)20(2)11-15(21)8-13-6-4-3-5-7-13/h3-7,9-10,15,21H,8,11H2,1-2H3/t15-/m0/s1. The number of aliphatic hydroxyl groups is 1. The Labute approximate surface area is 138 Å². The first-order valence-corrected chi connectivity index (χ1v) is 7.86. The first-order chi connectivity index (χ1) is 10.5. The van der Waals surface area contributed by atoms with Crippen LogP contribution in [-0.2, 0) is 6.42 Å². The Morgan fingerprint density at radius 2 is 2.05 bits per heavy atom. The Morgan fingerprint density at radius 1 is 1.36 bits per heavy atom. The zero-order chi connectivity index (χ0) is 16.1. The van der Waals surface area contributed by atoms with Crippen molar-refractivity contribution in [3.63, 3.8) is 0 Å². The van der Waals surface area contributed by atoms with Crippen molar-refractivity contribution in [1.29, 1.82) is 0 Å². The minimum Gasteiger partial charge on any atom is -0.391 e. The van der Waals surface area contributed by atoms with Crippen molar-refractivity contribution in [1.82, 2.24) is 9.88 Å². The van der Waals surface area contributed by atoms with E-state index in [4.69, 9.17) is 0 Å². The van der Waals surface area contributed by atoms with Gasteiger partial charge in [-0.3, -0.25) is 9.78 Å². The van der Waals surface area contributed by atoms with Crippen LogP contribution in [0.3, 0.4) is 0 Å². The van der Waals surface area contributed by atoms with E-state index < -0.39 is 6.10 Å². The molecule has 0 radical (unpaired) electrons. The maximum Gasteiger partial charge on any atom is 0.255 e. The molecule has 1 atom stereocenters. The van der Waals surface area contributed by atoms with E-state index in [0.29, 0.717) is 12.0 Å². The van der Waals surface area contributed by atoms with Crippen LogP contribution in [0.15, 0.2) is 47.1 Å². The van der Waals surface area contributed by atoms with E-state index >= 15 is 0 Å². The highest BCUT2D eigenvalue weighted by atomic mass is 79.9. The third kappa shape index (κ3) is 4.39. The number of hydrogen-bond donors (Lipinski definition) is 1. The number of hydrogen-bond acceptors (Lipinski definition) is 3. The lowest BCUT2D eigenvalue weighted by Crippen LogP contribution is -2.35. The lowest BCUT2D eigenvalue weighted by Gasteiger charge is -2.21. The average Bonchev–Trinajstić information content (AvgIpc) is 2.50. The van der Waals surface area contributed by atoms with Crippen molar-refractivity contribution >= 4 is 21.8 Å². The number of aryl methyl sites for hydroxylation is 1. The van der Waals surface area contributed by atoms with Crippen molar-refractivity contribution in [2.45, 2.75) is 19.4 Å². The molecule has 22 heavy (non-hydrogen) atoms. The van der Waals surface area contributed by atoms with Gasteiger partial charge in [-0.2, -0.15) is 0 Å². The largest absolute Gasteiger partial charge is 0.391 e. The van der Waals surface area contributed by atoms with Gasteiger partial charge < -0.3 is 10.0 Å². The molecule has 1 aromatic heterocycles. The predicted molar refractivity (Wildman–Crippen MR) is 89.8 cm³/mol. The van der Waals surface area contributed by atoms with Gasteiger partial charge in [0.15, 0.2) is 0 Å². The predicted octanol–water partition coefficient (Wildman–Crippen LogP) is 2.83. The van der Waals surface area contributed by atoms with Gasteiger partial charge >= 0.3 is 0 Å². The van der Waals surface area contributed by atoms with E-state index in [1.54, 1.807) is 19.3 Å². The minimum absolute atomic E-state index is 0.152. The number of carbonyl (C=O) groups excluding carboxylic acids is 1.